The van der Waals surface area contributed by atoms with Gasteiger partial charge in [-0.2, -0.15) is 0 Å². The largest absolute Gasteiger partial charge is 0.436 e. The Kier molecular flexibility index (Phi) is 3.58. The molecule has 0 unspecified atom stereocenters. The highest BCUT2D eigenvalue weighted by Crippen LogP contribution is 2.25. The fourth-order valence-corrected chi connectivity index (χ4v) is 1.58. The third-order valence-corrected chi connectivity index (χ3v) is 2.85. The van der Waals surface area contributed by atoms with Gasteiger partial charge in [-0.3, -0.25) is 0 Å². The monoisotopic (exact) mass is 246 g/mol. The van der Waals surface area contributed by atoms with Crippen molar-refractivity contribution in [2.24, 2.45) is 5.73 Å². The summed E-state index contributed by atoms with van der Waals surface area (Å²) in [7, 11) is 0. The second-order valence-corrected chi connectivity index (χ2v) is 4.14. The molecule has 0 atom stereocenters. The predicted molar refractivity (Wildman–Crippen MR) is 68.1 cm³/mol. The number of hydrogen-bond donors (Lipinski definition) is 1. The van der Waals surface area contributed by atoms with E-state index < -0.39 is 5.82 Å². The number of halogens is 1. The van der Waals surface area contributed by atoms with Gasteiger partial charge in [0, 0.05) is 18.3 Å². The summed E-state index contributed by atoms with van der Waals surface area (Å²) in [4.78, 5) is 3.88. The van der Waals surface area contributed by atoms with Gasteiger partial charge >= 0.3 is 0 Å². The standard InChI is InChI=1S/C14H15FN2O/c1-9-3-4-12(7-10(9)2)18-14-13(15)11(8-16)5-6-17-14/h3-7H,8,16H2,1-2H3. The van der Waals surface area contributed by atoms with E-state index >= 15 is 0 Å². The van der Waals surface area contributed by atoms with Crippen LogP contribution in [0, 0.1) is 19.7 Å². The van der Waals surface area contributed by atoms with Gasteiger partial charge in [0.05, 0.1) is 0 Å². The third-order valence-electron chi connectivity index (χ3n) is 2.85. The number of aryl methyl sites for hydroxylation is 2. The molecular formula is C14H15FN2O. The van der Waals surface area contributed by atoms with Crippen molar-refractivity contribution in [3.8, 4) is 11.6 Å². The highest BCUT2D eigenvalue weighted by Gasteiger charge is 2.10. The van der Waals surface area contributed by atoms with Crippen molar-refractivity contribution in [3.05, 3.63) is 53.0 Å². The molecule has 4 heteroatoms. The molecule has 1 heterocycles. The van der Waals surface area contributed by atoms with E-state index in [-0.39, 0.29) is 12.4 Å². The summed E-state index contributed by atoms with van der Waals surface area (Å²) in [6.07, 6.45) is 1.49. The average molecular weight is 246 g/mol. The summed E-state index contributed by atoms with van der Waals surface area (Å²) in [6.45, 7) is 4.10. The van der Waals surface area contributed by atoms with E-state index in [4.69, 9.17) is 10.5 Å². The Morgan fingerprint density at radius 3 is 2.67 bits per heavy atom. The number of ether oxygens (including phenoxy) is 1. The molecule has 2 rings (SSSR count). The van der Waals surface area contributed by atoms with Crippen LogP contribution in [0.4, 0.5) is 4.39 Å². The number of nitrogens with two attached hydrogens (primary N) is 1. The van der Waals surface area contributed by atoms with Gasteiger partial charge in [0.15, 0.2) is 5.82 Å². The predicted octanol–water partition coefficient (Wildman–Crippen LogP) is 3.09. The van der Waals surface area contributed by atoms with Gasteiger partial charge in [-0.05, 0) is 43.2 Å². The molecule has 1 aromatic heterocycles. The molecule has 0 aliphatic carbocycles. The van der Waals surface area contributed by atoms with E-state index in [1.165, 1.54) is 6.20 Å². The van der Waals surface area contributed by atoms with Crippen molar-refractivity contribution in [2.45, 2.75) is 20.4 Å². The number of hydrogen-bond acceptors (Lipinski definition) is 3. The third kappa shape index (κ3) is 2.49. The molecule has 2 aromatic rings. The van der Waals surface area contributed by atoms with E-state index in [2.05, 4.69) is 4.98 Å². The van der Waals surface area contributed by atoms with Crippen LogP contribution in [0.3, 0.4) is 0 Å². The minimum Gasteiger partial charge on any atom is -0.436 e. The molecule has 0 radical (unpaired) electrons. The van der Waals surface area contributed by atoms with E-state index in [1.807, 2.05) is 26.0 Å². The molecule has 0 aliphatic rings. The number of aromatic nitrogens is 1. The minimum atomic E-state index is -0.502. The van der Waals surface area contributed by atoms with Gasteiger partial charge in [0.2, 0.25) is 0 Å². The highest BCUT2D eigenvalue weighted by atomic mass is 19.1. The fourth-order valence-electron chi connectivity index (χ4n) is 1.58. The lowest BCUT2D eigenvalue weighted by Gasteiger charge is -2.09. The van der Waals surface area contributed by atoms with Gasteiger partial charge < -0.3 is 10.5 Å². The maximum absolute atomic E-state index is 13.9. The SMILES string of the molecule is Cc1ccc(Oc2nccc(CN)c2F)cc1C. The van der Waals surface area contributed by atoms with Crippen LogP contribution in [0.15, 0.2) is 30.5 Å². The van der Waals surface area contributed by atoms with Crippen LogP contribution in [0.1, 0.15) is 16.7 Å². The van der Waals surface area contributed by atoms with E-state index in [0.29, 0.717) is 11.3 Å². The van der Waals surface area contributed by atoms with E-state index in [9.17, 15) is 4.39 Å². The zero-order valence-electron chi connectivity index (χ0n) is 10.4. The Bertz CT molecular complexity index is 570. The van der Waals surface area contributed by atoms with Crippen molar-refractivity contribution in [3.63, 3.8) is 0 Å². The quantitative estimate of drug-likeness (QED) is 0.905. The van der Waals surface area contributed by atoms with Crippen LogP contribution in [-0.2, 0) is 6.54 Å². The van der Waals surface area contributed by atoms with Crippen LogP contribution in [0.2, 0.25) is 0 Å². The van der Waals surface area contributed by atoms with Crippen LogP contribution < -0.4 is 10.5 Å². The van der Waals surface area contributed by atoms with Crippen molar-refractivity contribution in [1.82, 2.24) is 4.98 Å². The Morgan fingerprint density at radius 2 is 2.00 bits per heavy atom. The molecule has 0 bridgehead atoms. The lowest BCUT2D eigenvalue weighted by atomic mass is 10.1. The first-order chi connectivity index (χ1) is 8.61. The van der Waals surface area contributed by atoms with Crippen molar-refractivity contribution in [1.29, 1.82) is 0 Å². The minimum absolute atomic E-state index is 0.0406. The maximum Gasteiger partial charge on any atom is 0.256 e. The zero-order valence-corrected chi connectivity index (χ0v) is 10.4. The topological polar surface area (TPSA) is 48.1 Å². The normalized spacial score (nSPS) is 10.4. The first-order valence-electron chi connectivity index (χ1n) is 5.70. The van der Waals surface area contributed by atoms with Gasteiger partial charge in [0.25, 0.3) is 5.88 Å². The Labute approximate surface area is 105 Å². The molecule has 18 heavy (non-hydrogen) atoms. The molecule has 0 saturated carbocycles. The Balaban J connectivity index is 2.31. The number of benzene rings is 1. The second kappa shape index (κ2) is 5.14. The van der Waals surface area contributed by atoms with E-state index in [1.54, 1.807) is 12.1 Å². The summed E-state index contributed by atoms with van der Waals surface area (Å²) in [5, 5.41) is 0. The number of pyridine rings is 1. The molecule has 0 aliphatic heterocycles. The summed E-state index contributed by atoms with van der Waals surface area (Å²) in [5.74, 6) is 0.0260. The summed E-state index contributed by atoms with van der Waals surface area (Å²) >= 11 is 0. The summed E-state index contributed by atoms with van der Waals surface area (Å²) < 4.78 is 19.3. The molecule has 0 fully saturated rings. The van der Waals surface area contributed by atoms with Gasteiger partial charge in [-0.15, -0.1) is 0 Å². The van der Waals surface area contributed by atoms with Crippen molar-refractivity contribution in [2.75, 3.05) is 0 Å². The maximum atomic E-state index is 13.9. The Hall–Kier alpha value is -1.94. The number of nitrogens with zero attached hydrogens (tertiary/aromatic N) is 1. The first kappa shape index (κ1) is 12.5. The lowest BCUT2D eigenvalue weighted by molar-refractivity contribution is 0.419. The van der Waals surface area contributed by atoms with Gasteiger partial charge in [0.1, 0.15) is 5.75 Å². The van der Waals surface area contributed by atoms with E-state index in [0.717, 1.165) is 11.1 Å². The molecule has 0 saturated heterocycles. The highest BCUT2D eigenvalue weighted by molar-refractivity contribution is 5.36. The van der Waals surface area contributed by atoms with Crippen LogP contribution in [-0.4, -0.2) is 4.98 Å². The summed E-state index contributed by atoms with van der Waals surface area (Å²) in [5.41, 5.74) is 8.07. The fraction of sp³-hybridized carbons (Fsp3) is 0.214. The smallest absolute Gasteiger partial charge is 0.256 e. The summed E-state index contributed by atoms with van der Waals surface area (Å²) in [6, 6.07) is 7.11. The zero-order chi connectivity index (χ0) is 13.1. The molecular weight excluding hydrogens is 231 g/mol. The average Bonchev–Trinajstić information content (AvgIpc) is 2.36. The molecule has 94 valence electrons. The first-order valence-corrected chi connectivity index (χ1v) is 5.70. The van der Waals surface area contributed by atoms with Crippen LogP contribution in [0.5, 0.6) is 11.6 Å². The molecule has 2 N–H and O–H groups in total. The van der Waals surface area contributed by atoms with Crippen molar-refractivity contribution >= 4 is 0 Å². The second-order valence-electron chi connectivity index (χ2n) is 4.14. The molecule has 0 spiro atoms. The van der Waals surface area contributed by atoms with Crippen LogP contribution in [0.25, 0.3) is 0 Å². The van der Waals surface area contributed by atoms with Gasteiger partial charge in [-0.25, -0.2) is 9.37 Å². The lowest BCUT2D eigenvalue weighted by Crippen LogP contribution is -2.02. The van der Waals surface area contributed by atoms with Gasteiger partial charge in [-0.1, -0.05) is 6.07 Å². The van der Waals surface area contributed by atoms with Crippen molar-refractivity contribution < 1.29 is 9.13 Å². The number of rotatable bonds is 3. The van der Waals surface area contributed by atoms with Crippen LogP contribution >= 0.6 is 0 Å². The molecule has 3 nitrogen and oxygen atoms in total. The molecule has 0 amide bonds. The Morgan fingerprint density at radius 1 is 1.22 bits per heavy atom. The molecule has 1 aromatic carbocycles.